The number of ether oxygens (including phenoxy) is 1. The smallest absolute Gasteiger partial charge is 0.312 e. The lowest BCUT2D eigenvalue weighted by Crippen LogP contribution is -2.62. The van der Waals surface area contributed by atoms with E-state index in [0.717, 1.165) is 44.9 Å². The van der Waals surface area contributed by atoms with Crippen LogP contribution in [0.5, 0.6) is 0 Å². The number of fused-ring (bicyclic) bond motifs is 7. The topological polar surface area (TPSA) is 92.7 Å². The van der Waals surface area contributed by atoms with Gasteiger partial charge in [0.25, 0.3) is 5.91 Å². The van der Waals surface area contributed by atoms with Crippen molar-refractivity contribution in [2.75, 3.05) is 13.8 Å². The fraction of sp³-hybridized carbons (Fsp3) is 0.750. The van der Waals surface area contributed by atoms with Gasteiger partial charge in [-0.1, -0.05) is 59.3 Å². The number of esters is 1. The predicted octanol–water partition coefficient (Wildman–Crippen LogP) is 6.15. The quantitative estimate of drug-likeness (QED) is 0.140. The molecule has 0 radical (unpaired) electrons. The van der Waals surface area contributed by atoms with Crippen LogP contribution in [-0.2, 0) is 19.1 Å². The fourth-order valence-electron chi connectivity index (χ4n) is 10.2. The Kier molecular flexibility index (Phi) is 6.71. The Morgan fingerprint density at radius 1 is 1.03 bits per heavy atom. The molecule has 0 bridgehead atoms. The normalized spacial score (nSPS) is 43.1. The van der Waals surface area contributed by atoms with Crippen molar-refractivity contribution in [3.05, 3.63) is 23.3 Å². The molecular formula is C32H46NO5P. The molecular weight excluding hydrogens is 509 g/mol. The molecule has 39 heavy (non-hydrogen) atoms. The monoisotopic (exact) mass is 555 g/mol. The Bertz CT molecular complexity index is 1210. The van der Waals surface area contributed by atoms with E-state index in [-0.39, 0.29) is 40.0 Å². The molecule has 7 atom stereocenters. The summed E-state index contributed by atoms with van der Waals surface area (Å²) in [5, 5.41) is 10.8. The van der Waals surface area contributed by atoms with Crippen LogP contribution in [0.25, 0.3) is 0 Å². The highest BCUT2D eigenvalue weighted by Crippen LogP contribution is 2.71. The zero-order valence-electron chi connectivity index (χ0n) is 24.9. The second kappa shape index (κ2) is 9.11. The molecule has 1 amide bonds. The number of methoxy groups -OCH3 is 1. The Hall–Kier alpha value is -1.78. The lowest BCUT2D eigenvalue weighted by Gasteiger charge is -2.65. The van der Waals surface area contributed by atoms with Crippen molar-refractivity contribution >= 4 is 31.2 Å². The highest BCUT2D eigenvalue weighted by atomic mass is 31.1. The minimum absolute atomic E-state index is 0.0284. The molecule has 0 aromatic carbocycles. The number of carbonyl (C=O) groups is 3. The molecule has 7 heteroatoms. The van der Waals surface area contributed by atoms with Gasteiger partial charge >= 0.3 is 5.97 Å². The second-order valence-corrected chi connectivity index (χ2v) is 15.8. The first kappa shape index (κ1) is 28.7. The minimum atomic E-state index is -0.728. The van der Waals surface area contributed by atoms with Crippen molar-refractivity contribution in [2.45, 2.75) is 86.5 Å². The number of rotatable bonds is 2. The standard InChI is InChI=1S/C32H46NO5P/c1-28(2)13-14-32(27(36)38-7)12-9-19-24(20(32)17-28)21(39-8)15-23-30(19,5)11-10-22-29(3,4)25(34)18(26(35)33-37)16-31(22,23)6/h15-16,19-20,22,24,37H,9-14,17H2,1-8H3,(H,33,35). The molecule has 5 aliphatic rings. The van der Waals surface area contributed by atoms with Crippen LogP contribution in [0.15, 0.2) is 23.3 Å². The first-order valence-corrected chi connectivity index (χ1v) is 16.0. The van der Waals surface area contributed by atoms with Crippen LogP contribution < -0.4 is 5.48 Å². The predicted molar refractivity (Wildman–Crippen MR) is 153 cm³/mol. The van der Waals surface area contributed by atoms with E-state index in [1.165, 1.54) is 19.1 Å². The summed E-state index contributed by atoms with van der Waals surface area (Å²) in [4.78, 5) is 39.7. The van der Waals surface area contributed by atoms with Crippen LogP contribution in [0, 0.1) is 50.7 Å². The summed E-state index contributed by atoms with van der Waals surface area (Å²) in [5.74, 6) is 0.0446. The summed E-state index contributed by atoms with van der Waals surface area (Å²) in [5.41, 5.74) is 1.54. The van der Waals surface area contributed by atoms with Gasteiger partial charge < -0.3 is 4.74 Å². The fourth-order valence-corrected chi connectivity index (χ4v) is 11.1. The number of amides is 1. The van der Waals surface area contributed by atoms with Crippen molar-refractivity contribution in [1.29, 1.82) is 0 Å². The maximum atomic E-state index is 13.5. The largest absolute Gasteiger partial charge is 0.469 e. The van der Waals surface area contributed by atoms with Gasteiger partial charge in [-0.05, 0) is 91.4 Å². The van der Waals surface area contributed by atoms with E-state index >= 15 is 0 Å². The summed E-state index contributed by atoms with van der Waals surface area (Å²) in [6.45, 7) is 15.4. The van der Waals surface area contributed by atoms with Crippen molar-refractivity contribution in [2.24, 2.45) is 50.7 Å². The molecule has 5 aliphatic carbocycles. The van der Waals surface area contributed by atoms with Gasteiger partial charge in [-0.2, -0.15) is 0 Å². The van der Waals surface area contributed by atoms with Crippen LogP contribution in [0.4, 0.5) is 0 Å². The summed E-state index contributed by atoms with van der Waals surface area (Å²) >= 11 is 0. The van der Waals surface area contributed by atoms with E-state index < -0.39 is 22.2 Å². The van der Waals surface area contributed by atoms with Crippen LogP contribution in [-0.4, -0.2) is 41.9 Å². The third-order valence-electron chi connectivity index (χ3n) is 12.2. The van der Waals surface area contributed by atoms with E-state index in [4.69, 9.17) is 4.74 Å². The molecule has 0 aliphatic heterocycles. The lowest BCUT2D eigenvalue weighted by molar-refractivity contribution is -0.172. The molecule has 0 aromatic rings. The first-order chi connectivity index (χ1) is 18.1. The second-order valence-electron chi connectivity index (χ2n) is 14.8. The van der Waals surface area contributed by atoms with Gasteiger partial charge in [-0.25, -0.2) is 5.48 Å². The molecule has 7 unspecified atom stereocenters. The zero-order chi connectivity index (χ0) is 28.8. The number of Topliss-reactive ketones (excluding diaryl/α,β-unsaturated/α-hetero) is 1. The van der Waals surface area contributed by atoms with E-state index in [2.05, 4.69) is 40.4 Å². The number of hydrogen-bond donors (Lipinski definition) is 2. The van der Waals surface area contributed by atoms with Crippen molar-refractivity contribution in [1.82, 2.24) is 5.48 Å². The highest BCUT2D eigenvalue weighted by Gasteiger charge is 2.66. The number of allylic oxidation sites excluding steroid dienone is 3. The van der Waals surface area contributed by atoms with Crippen LogP contribution in [0.2, 0.25) is 0 Å². The maximum absolute atomic E-state index is 13.5. The van der Waals surface area contributed by atoms with Crippen molar-refractivity contribution in [3.63, 3.8) is 0 Å². The zero-order valence-corrected chi connectivity index (χ0v) is 25.8. The maximum Gasteiger partial charge on any atom is 0.312 e. The Balaban J connectivity index is 1.70. The van der Waals surface area contributed by atoms with Crippen molar-refractivity contribution < 1.29 is 24.3 Å². The summed E-state index contributed by atoms with van der Waals surface area (Å²) < 4.78 is 5.50. The van der Waals surface area contributed by atoms with E-state index in [1.54, 1.807) is 12.6 Å². The average Bonchev–Trinajstić information content (AvgIpc) is 2.89. The Morgan fingerprint density at radius 2 is 1.72 bits per heavy atom. The Morgan fingerprint density at radius 3 is 2.33 bits per heavy atom. The van der Waals surface area contributed by atoms with Gasteiger partial charge in [-0.3, -0.25) is 19.6 Å². The van der Waals surface area contributed by atoms with Crippen molar-refractivity contribution in [3.8, 4) is 0 Å². The van der Waals surface area contributed by atoms with Gasteiger partial charge in [0.15, 0.2) is 5.78 Å². The third kappa shape index (κ3) is 3.83. The molecule has 0 saturated heterocycles. The van der Waals surface area contributed by atoms with Gasteiger partial charge in [0, 0.05) is 10.8 Å². The van der Waals surface area contributed by atoms with Crippen LogP contribution in [0.1, 0.15) is 86.5 Å². The Labute approximate surface area is 235 Å². The molecule has 214 valence electrons. The number of hydrogen-bond acceptors (Lipinski definition) is 5. The third-order valence-corrected chi connectivity index (χ3v) is 13.1. The SMILES string of the molecule is COC(=O)C12CCC3C(C(=PC)C=C4C5(C)C=C(C(=O)NO)C(=O)C(C)(C)C5CCC43C)C1CC(C)(C)CC2. The lowest BCUT2D eigenvalue weighted by atomic mass is 9.38. The summed E-state index contributed by atoms with van der Waals surface area (Å²) in [7, 11) is 2.75. The molecule has 0 heterocycles. The van der Waals surface area contributed by atoms with E-state index in [1.807, 2.05) is 19.9 Å². The summed E-state index contributed by atoms with van der Waals surface area (Å²) in [6.07, 6.45) is 10.9. The molecule has 3 saturated carbocycles. The van der Waals surface area contributed by atoms with Crippen LogP contribution in [0.3, 0.4) is 0 Å². The number of ketones is 1. The average molecular weight is 556 g/mol. The number of nitrogens with one attached hydrogen (secondary N) is 1. The number of hydroxylamine groups is 1. The van der Waals surface area contributed by atoms with E-state index in [9.17, 15) is 19.6 Å². The molecule has 3 fully saturated rings. The van der Waals surface area contributed by atoms with Gasteiger partial charge in [0.05, 0.1) is 18.1 Å². The molecule has 0 spiro atoms. The van der Waals surface area contributed by atoms with E-state index in [0.29, 0.717) is 11.8 Å². The number of carbonyl (C=O) groups excluding carboxylic acids is 3. The van der Waals surface area contributed by atoms with Gasteiger partial charge in [-0.15, -0.1) is 8.20 Å². The molecule has 2 N–H and O–H groups in total. The molecule has 0 aromatic heterocycles. The minimum Gasteiger partial charge on any atom is -0.469 e. The highest BCUT2D eigenvalue weighted by molar-refractivity contribution is 7.40. The molecule has 6 nitrogen and oxygen atoms in total. The van der Waals surface area contributed by atoms with Crippen LogP contribution >= 0.6 is 8.20 Å². The molecule has 5 rings (SSSR count). The van der Waals surface area contributed by atoms with Gasteiger partial charge in [0.2, 0.25) is 0 Å². The van der Waals surface area contributed by atoms with Gasteiger partial charge in [0.1, 0.15) is 0 Å². The summed E-state index contributed by atoms with van der Waals surface area (Å²) in [6, 6.07) is 0. The first-order valence-electron chi connectivity index (χ1n) is 14.6.